The summed E-state index contributed by atoms with van der Waals surface area (Å²) in [5, 5.41) is 6.91. The summed E-state index contributed by atoms with van der Waals surface area (Å²) in [4.78, 5) is 2.24. The second kappa shape index (κ2) is 21.1. The third-order valence-corrected chi connectivity index (χ3v) is 5.65. The number of ether oxygens (including phenoxy) is 4. The van der Waals surface area contributed by atoms with Crippen LogP contribution >= 0.6 is 0 Å². The molecular formula is C17H37Cl3N4O4Ti. The topological polar surface area (TPSA) is 67.5 Å². The van der Waals surface area contributed by atoms with Gasteiger partial charge in [-0.25, -0.2) is 0 Å². The fourth-order valence-corrected chi connectivity index (χ4v) is 3.70. The predicted octanol–water partition coefficient (Wildman–Crippen LogP) is -8.66. The average molecular weight is 516 g/mol. The molecule has 174 valence electrons. The van der Waals surface area contributed by atoms with Crippen molar-refractivity contribution in [2.24, 2.45) is 0 Å². The van der Waals surface area contributed by atoms with Gasteiger partial charge in [-0.1, -0.05) is 0 Å². The Kier molecular flexibility index (Phi) is 25.4. The number of halogens is 3. The molecular weight excluding hydrogens is 478 g/mol. The monoisotopic (exact) mass is 514 g/mol. The normalized spacial score (nSPS) is 29.2. The Morgan fingerprint density at radius 3 is 1.72 bits per heavy atom. The Bertz CT molecular complexity index is 371. The number of rotatable bonds is 4. The zero-order chi connectivity index (χ0) is 19.4. The molecule has 1 fully saturated rings. The van der Waals surface area contributed by atoms with Crippen molar-refractivity contribution in [2.45, 2.75) is 50.6 Å². The molecule has 0 saturated carbocycles. The van der Waals surface area contributed by atoms with Gasteiger partial charge < -0.3 is 37.2 Å². The molecule has 0 aliphatic carbocycles. The van der Waals surface area contributed by atoms with Crippen LogP contribution in [-0.4, -0.2) is 94.9 Å². The van der Waals surface area contributed by atoms with E-state index in [1.165, 1.54) is 0 Å². The van der Waals surface area contributed by atoms with E-state index in [0.29, 0.717) is 0 Å². The number of nitrogens with one attached hydrogen (secondary N) is 2. The van der Waals surface area contributed by atoms with Crippen LogP contribution in [-0.2, 0) is 39.6 Å². The molecule has 0 amide bonds. The molecule has 8 nitrogen and oxygen atoms in total. The van der Waals surface area contributed by atoms with E-state index in [2.05, 4.69) is 46.7 Å². The zero-order valence-corrected chi connectivity index (χ0v) is 22.0. The second-order valence-electron chi connectivity index (χ2n) is 6.57. The quantitative estimate of drug-likeness (QED) is 0.358. The van der Waals surface area contributed by atoms with Crippen molar-refractivity contribution in [3.8, 4) is 0 Å². The van der Waals surface area contributed by atoms with E-state index in [1.807, 2.05) is 0 Å². The second-order valence-corrected chi connectivity index (χ2v) is 7.46. The maximum Gasteiger partial charge on any atom is -1.00 e. The van der Waals surface area contributed by atoms with Crippen molar-refractivity contribution in [1.29, 1.82) is 0 Å². The van der Waals surface area contributed by atoms with Crippen LogP contribution < -0.4 is 47.9 Å². The van der Waals surface area contributed by atoms with E-state index in [0.717, 1.165) is 51.9 Å². The maximum atomic E-state index is 5.69. The molecule has 0 bridgehead atoms. The molecule has 12 heteroatoms. The van der Waals surface area contributed by atoms with Crippen molar-refractivity contribution in [3.05, 3.63) is 0 Å². The Balaban J connectivity index is -0.00000225. The fraction of sp³-hybridized carbons (Fsp3) is 1.00. The Morgan fingerprint density at radius 2 is 1.21 bits per heavy atom. The molecule has 0 spiro atoms. The van der Waals surface area contributed by atoms with Crippen molar-refractivity contribution in [2.75, 3.05) is 61.7 Å². The molecule has 1 heterocycles. The van der Waals surface area contributed by atoms with Gasteiger partial charge in [0.1, 0.15) is 0 Å². The van der Waals surface area contributed by atoms with Crippen LogP contribution in [0.1, 0.15) is 25.7 Å². The number of nitrogens with zero attached hydrogens (tertiary/aromatic N) is 2. The van der Waals surface area contributed by atoms with Gasteiger partial charge in [0.05, 0.1) is 0 Å². The van der Waals surface area contributed by atoms with E-state index in [4.69, 9.17) is 18.9 Å². The first-order chi connectivity index (χ1) is 12.5. The summed E-state index contributed by atoms with van der Waals surface area (Å²) in [6, 6.07) is 0. The van der Waals surface area contributed by atoms with Gasteiger partial charge in [0, 0.05) is 0 Å². The molecule has 1 saturated heterocycles. The van der Waals surface area contributed by atoms with Crippen molar-refractivity contribution < 1.29 is 76.9 Å². The molecule has 0 aromatic rings. The zero-order valence-electron chi connectivity index (χ0n) is 18.1. The van der Waals surface area contributed by atoms with Gasteiger partial charge in [-0.3, -0.25) is 0 Å². The molecule has 4 atom stereocenters. The third-order valence-electron chi connectivity index (χ3n) is 4.86. The smallest absolute Gasteiger partial charge is 1.00 e. The van der Waals surface area contributed by atoms with Crippen LogP contribution in [0.3, 0.4) is 0 Å². The Hall–Kier alpha value is 1.26. The van der Waals surface area contributed by atoms with Crippen LogP contribution in [0, 0.1) is 0 Å². The fourth-order valence-electron chi connectivity index (χ4n) is 3.13. The van der Waals surface area contributed by atoms with E-state index in [1.54, 1.807) is 28.4 Å². The predicted molar refractivity (Wildman–Crippen MR) is 97.0 cm³/mol. The minimum atomic E-state index is 0. The van der Waals surface area contributed by atoms with Gasteiger partial charge in [0.15, 0.2) is 0 Å². The molecule has 2 N–H and O–H groups in total. The third kappa shape index (κ3) is 14.1. The summed E-state index contributed by atoms with van der Waals surface area (Å²) in [6.07, 6.45) is 3.80. The van der Waals surface area contributed by atoms with Crippen LogP contribution in [0.4, 0.5) is 0 Å². The molecule has 0 radical (unpaired) electrons. The Morgan fingerprint density at radius 1 is 0.690 bits per heavy atom. The summed E-state index contributed by atoms with van der Waals surface area (Å²) >= 11 is 2.10. The molecule has 1 aliphatic heterocycles. The summed E-state index contributed by atoms with van der Waals surface area (Å²) in [7, 11) is 9.12. The van der Waals surface area contributed by atoms with Gasteiger partial charge >= 0.3 is 171 Å². The van der Waals surface area contributed by atoms with E-state index >= 15 is 0 Å². The number of hydrogen-bond donors (Lipinski definition) is 2. The maximum absolute atomic E-state index is 5.69. The Labute approximate surface area is 207 Å². The molecule has 1 rings (SSSR count). The molecule has 29 heavy (non-hydrogen) atoms. The van der Waals surface area contributed by atoms with Gasteiger partial charge in [-0.15, -0.1) is 0 Å². The van der Waals surface area contributed by atoms with Crippen molar-refractivity contribution in [1.82, 2.24) is 18.9 Å². The molecule has 0 aromatic heterocycles. The summed E-state index contributed by atoms with van der Waals surface area (Å²) in [6.45, 7) is 3.46. The summed E-state index contributed by atoms with van der Waals surface area (Å²) < 4.78 is 24.7. The van der Waals surface area contributed by atoms with Crippen molar-refractivity contribution in [3.63, 3.8) is 0 Å². The molecule has 1 aliphatic rings. The van der Waals surface area contributed by atoms with Crippen LogP contribution in [0.25, 0.3) is 0 Å². The van der Waals surface area contributed by atoms with Crippen LogP contribution in [0.5, 0.6) is 0 Å². The minimum absolute atomic E-state index is 0. The SMILES string of the molecule is COC1CCNC(OC)CCN(C)C(OC)CC[N]([Ti+3])C(OC)CCN1.[Cl-].[Cl-].[Cl-]. The standard InChI is InChI=1S/C17H37N4O4.3ClH.Ti/c1-21-13-9-16(24-4)19-11-7-14(22-2)18-10-6-15(23-3)20-12-8-17(21)25-5;;;;/h14-19H,6-13H2,1-5H3;3*1H;/q-1;;;;+4/p-3. The first-order valence-corrected chi connectivity index (χ1v) is 10.0. The van der Waals surface area contributed by atoms with E-state index in [9.17, 15) is 0 Å². The average Bonchev–Trinajstić information content (AvgIpc) is 2.65. The molecule has 4 unspecified atom stereocenters. The number of methoxy groups -OCH3 is 4. The number of hydrogen-bond acceptors (Lipinski definition) is 8. The minimum Gasteiger partial charge on any atom is -1.00 e. The van der Waals surface area contributed by atoms with Crippen LogP contribution in [0.15, 0.2) is 0 Å². The first-order valence-electron chi connectivity index (χ1n) is 9.31. The van der Waals surface area contributed by atoms with E-state index < -0.39 is 0 Å². The summed E-state index contributed by atoms with van der Waals surface area (Å²) in [5.41, 5.74) is 0. The van der Waals surface area contributed by atoms with Gasteiger partial charge in [-0.2, -0.15) is 0 Å². The van der Waals surface area contributed by atoms with Crippen LogP contribution in [0.2, 0.25) is 0 Å². The van der Waals surface area contributed by atoms with Gasteiger partial charge in [-0.05, 0) is 0 Å². The van der Waals surface area contributed by atoms with E-state index in [-0.39, 0.29) is 62.1 Å². The van der Waals surface area contributed by atoms with Gasteiger partial charge in [0.25, 0.3) is 0 Å². The summed E-state index contributed by atoms with van der Waals surface area (Å²) in [5.74, 6) is 0. The van der Waals surface area contributed by atoms with Gasteiger partial charge in [0.2, 0.25) is 0 Å². The largest absolute Gasteiger partial charge is 1.00 e. The first kappa shape index (κ1) is 34.9. The van der Waals surface area contributed by atoms with Crippen molar-refractivity contribution >= 4 is 0 Å². The molecule has 0 aromatic carbocycles.